The van der Waals surface area contributed by atoms with Gasteiger partial charge in [0.25, 0.3) is 5.91 Å². The number of benzene rings is 1. The number of carbonyl (C=O) groups excluding carboxylic acids is 1. The molecule has 0 fully saturated rings. The van der Waals surface area contributed by atoms with E-state index >= 15 is 0 Å². The molecule has 88 valence electrons. The lowest BCUT2D eigenvalue weighted by molar-refractivity contribution is 0.0945. The Labute approximate surface area is 100 Å². The molecule has 0 aliphatic heterocycles. The fourth-order valence-electron chi connectivity index (χ4n) is 1.34. The van der Waals surface area contributed by atoms with Gasteiger partial charge in [-0.2, -0.15) is 0 Å². The Balaban J connectivity index is 2.63. The van der Waals surface area contributed by atoms with Crippen molar-refractivity contribution in [3.63, 3.8) is 0 Å². The smallest absolute Gasteiger partial charge is 0.251 e. The highest BCUT2D eigenvalue weighted by atomic mass is 35.5. The van der Waals surface area contributed by atoms with Crippen LogP contribution in [0.5, 0.6) is 0 Å². The highest BCUT2D eigenvalue weighted by molar-refractivity contribution is 6.31. The summed E-state index contributed by atoms with van der Waals surface area (Å²) in [7, 11) is 0. The minimum absolute atomic E-state index is 0.152. The number of hydrogen-bond acceptors (Lipinski definition) is 2. The third-order valence-electron chi connectivity index (χ3n) is 2.36. The van der Waals surface area contributed by atoms with Crippen LogP contribution in [0.3, 0.4) is 0 Å². The van der Waals surface area contributed by atoms with Gasteiger partial charge in [0.2, 0.25) is 0 Å². The third kappa shape index (κ3) is 3.51. The Morgan fingerprint density at radius 1 is 1.56 bits per heavy atom. The molecule has 1 atom stereocenters. The van der Waals surface area contributed by atoms with E-state index in [0.717, 1.165) is 5.56 Å². The van der Waals surface area contributed by atoms with Crippen molar-refractivity contribution in [3.8, 4) is 0 Å². The second-order valence-corrected chi connectivity index (χ2v) is 4.21. The predicted molar refractivity (Wildman–Crippen MR) is 64.8 cm³/mol. The molecule has 0 saturated heterocycles. The lowest BCUT2D eigenvalue weighted by Gasteiger charge is -2.09. The Morgan fingerprint density at radius 2 is 2.25 bits per heavy atom. The highest BCUT2D eigenvalue weighted by Crippen LogP contribution is 2.18. The molecule has 1 unspecified atom stereocenters. The van der Waals surface area contributed by atoms with E-state index in [4.69, 9.17) is 16.7 Å². The van der Waals surface area contributed by atoms with Crippen molar-refractivity contribution >= 4 is 17.5 Å². The summed E-state index contributed by atoms with van der Waals surface area (Å²) in [5, 5.41) is 12.4. The van der Waals surface area contributed by atoms with Gasteiger partial charge < -0.3 is 10.4 Å². The molecule has 4 heteroatoms. The minimum Gasteiger partial charge on any atom is -0.393 e. The SMILES string of the molecule is Cc1c(Cl)cccc1C(=O)NCCC(C)O. The normalized spacial score (nSPS) is 12.2. The molecule has 1 rings (SSSR count). The van der Waals surface area contributed by atoms with Gasteiger partial charge in [0.15, 0.2) is 0 Å². The largest absolute Gasteiger partial charge is 0.393 e. The molecule has 2 N–H and O–H groups in total. The molecule has 3 nitrogen and oxygen atoms in total. The van der Waals surface area contributed by atoms with E-state index in [1.54, 1.807) is 25.1 Å². The average molecular weight is 242 g/mol. The van der Waals surface area contributed by atoms with Crippen LogP contribution >= 0.6 is 11.6 Å². The fraction of sp³-hybridized carbons (Fsp3) is 0.417. The molecular formula is C12H16ClNO2. The van der Waals surface area contributed by atoms with Gasteiger partial charge in [0, 0.05) is 17.1 Å². The summed E-state index contributed by atoms with van der Waals surface area (Å²) < 4.78 is 0. The Hall–Kier alpha value is -1.06. The number of carbonyl (C=O) groups is 1. The molecule has 0 heterocycles. The number of amides is 1. The minimum atomic E-state index is -0.402. The third-order valence-corrected chi connectivity index (χ3v) is 2.77. The molecule has 0 aliphatic carbocycles. The van der Waals surface area contributed by atoms with Gasteiger partial charge in [-0.15, -0.1) is 0 Å². The lowest BCUT2D eigenvalue weighted by atomic mass is 10.1. The summed E-state index contributed by atoms with van der Waals surface area (Å²) in [5.74, 6) is -0.152. The summed E-state index contributed by atoms with van der Waals surface area (Å²) in [5.41, 5.74) is 1.36. The zero-order valence-corrected chi connectivity index (χ0v) is 10.2. The number of aliphatic hydroxyl groups excluding tert-OH is 1. The number of aliphatic hydroxyl groups is 1. The molecule has 0 aromatic heterocycles. The molecule has 0 spiro atoms. The van der Waals surface area contributed by atoms with E-state index in [-0.39, 0.29) is 5.91 Å². The van der Waals surface area contributed by atoms with Crippen LogP contribution in [0.1, 0.15) is 29.3 Å². The summed E-state index contributed by atoms with van der Waals surface area (Å²) in [4.78, 5) is 11.7. The van der Waals surface area contributed by atoms with Crippen LogP contribution < -0.4 is 5.32 Å². The van der Waals surface area contributed by atoms with Gasteiger partial charge in [-0.3, -0.25) is 4.79 Å². The van der Waals surface area contributed by atoms with Crippen molar-refractivity contribution in [2.24, 2.45) is 0 Å². The van der Waals surface area contributed by atoms with Crippen molar-refractivity contribution < 1.29 is 9.90 Å². The van der Waals surface area contributed by atoms with E-state index < -0.39 is 6.10 Å². The quantitative estimate of drug-likeness (QED) is 0.849. The first-order chi connectivity index (χ1) is 7.52. The van der Waals surface area contributed by atoms with Crippen LogP contribution in [0, 0.1) is 6.92 Å². The second kappa shape index (κ2) is 5.87. The first-order valence-electron chi connectivity index (χ1n) is 5.23. The topological polar surface area (TPSA) is 49.3 Å². The maximum Gasteiger partial charge on any atom is 0.251 e. The van der Waals surface area contributed by atoms with Gasteiger partial charge in [-0.25, -0.2) is 0 Å². The monoisotopic (exact) mass is 241 g/mol. The fourth-order valence-corrected chi connectivity index (χ4v) is 1.52. The van der Waals surface area contributed by atoms with Crippen LogP contribution in [-0.4, -0.2) is 23.7 Å². The molecule has 16 heavy (non-hydrogen) atoms. The van der Waals surface area contributed by atoms with E-state index in [2.05, 4.69) is 5.32 Å². The second-order valence-electron chi connectivity index (χ2n) is 3.81. The molecular weight excluding hydrogens is 226 g/mol. The van der Waals surface area contributed by atoms with Crippen molar-refractivity contribution in [2.75, 3.05) is 6.54 Å². The predicted octanol–water partition coefficient (Wildman–Crippen LogP) is 2.15. The summed E-state index contributed by atoms with van der Waals surface area (Å²) in [6.45, 7) is 3.96. The van der Waals surface area contributed by atoms with Crippen LogP contribution in [0.15, 0.2) is 18.2 Å². The zero-order valence-electron chi connectivity index (χ0n) is 9.46. The van der Waals surface area contributed by atoms with Crippen molar-refractivity contribution in [1.29, 1.82) is 0 Å². The van der Waals surface area contributed by atoms with Gasteiger partial charge in [0.1, 0.15) is 0 Å². The van der Waals surface area contributed by atoms with E-state index in [0.29, 0.717) is 23.6 Å². The molecule has 0 aliphatic rings. The molecule has 0 radical (unpaired) electrons. The van der Waals surface area contributed by atoms with Crippen molar-refractivity contribution in [3.05, 3.63) is 34.3 Å². The van der Waals surface area contributed by atoms with E-state index in [9.17, 15) is 4.79 Å². The van der Waals surface area contributed by atoms with E-state index in [1.807, 2.05) is 6.92 Å². The first-order valence-corrected chi connectivity index (χ1v) is 5.61. The maximum absolute atomic E-state index is 11.7. The van der Waals surface area contributed by atoms with E-state index in [1.165, 1.54) is 0 Å². The lowest BCUT2D eigenvalue weighted by Crippen LogP contribution is -2.27. The van der Waals surface area contributed by atoms with Gasteiger partial charge in [-0.1, -0.05) is 17.7 Å². The first kappa shape index (κ1) is 13.0. The zero-order chi connectivity index (χ0) is 12.1. The summed E-state index contributed by atoms with van der Waals surface area (Å²) >= 11 is 5.92. The number of nitrogens with one attached hydrogen (secondary N) is 1. The van der Waals surface area contributed by atoms with Crippen LogP contribution in [-0.2, 0) is 0 Å². The standard InChI is InChI=1S/C12H16ClNO2/c1-8(15)6-7-14-12(16)10-4-3-5-11(13)9(10)2/h3-5,8,15H,6-7H2,1-2H3,(H,14,16). The molecule has 1 aromatic carbocycles. The summed E-state index contributed by atoms with van der Waals surface area (Å²) in [6, 6.07) is 5.24. The Bertz CT molecular complexity index is 377. The Kier molecular flexibility index (Phi) is 4.77. The van der Waals surface area contributed by atoms with Crippen LogP contribution in [0.4, 0.5) is 0 Å². The van der Waals surface area contributed by atoms with Gasteiger partial charge in [0.05, 0.1) is 6.10 Å². The van der Waals surface area contributed by atoms with Crippen molar-refractivity contribution in [1.82, 2.24) is 5.32 Å². The summed E-state index contributed by atoms with van der Waals surface area (Å²) in [6.07, 6.45) is 0.145. The molecule has 0 bridgehead atoms. The molecule has 0 saturated carbocycles. The molecule has 1 amide bonds. The van der Waals surface area contributed by atoms with Gasteiger partial charge in [-0.05, 0) is 38.0 Å². The molecule has 1 aromatic rings. The van der Waals surface area contributed by atoms with Crippen LogP contribution in [0.25, 0.3) is 0 Å². The number of halogens is 1. The highest BCUT2D eigenvalue weighted by Gasteiger charge is 2.10. The van der Waals surface area contributed by atoms with Crippen molar-refractivity contribution in [2.45, 2.75) is 26.4 Å². The maximum atomic E-state index is 11.7. The Morgan fingerprint density at radius 3 is 2.88 bits per heavy atom. The number of hydrogen-bond donors (Lipinski definition) is 2. The van der Waals surface area contributed by atoms with Crippen LogP contribution in [0.2, 0.25) is 5.02 Å². The van der Waals surface area contributed by atoms with Gasteiger partial charge >= 0.3 is 0 Å². The number of rotatable bonds is 4. The average Bonchev–Trinajstić information content (AvgIpc) is 2.21.